The molecule has 0 unspecified atom stereocenters. The SMILES string of the molecule is CCOC(=O)C(=O)[C@H]1COCC1=O. The van der Waals surface area contributed by atoms with Crippen molar-refractivity contribution >= 4 is 17.5 Å². The lowest BCUT2D eigenvalue weighted by molar-refractivity contribution is -0.156. The van der Waals surface area contributed by atoms with Gasteiger partial charge in [0.05, 0.1) is 13.2 Å². The van der Waals surface area contributed by atoms with Gasteiger partial charge < -0.3 is 9.47 Å². The van der Waals surface area contributed by atoms with Crippen LogP contribution in [0.15, 0.2) is 0 Å². The number of ether oxygens (including phenoxy) is 2. The van der Waals surface area contributed by atoms with Gasteiger partial charge >= 0.3 is 5.97 Å². The molecule has 0 spiro atoms. The molecule has 1 rings (SSSR count). The summed E-state index contributed by atoms with van der Waals surface area (Å²) in [7, 11) is 0. The van der Waals surface area contributed by atoms with Crippen LogP contribution in [0, 0.1) is 5.92 Å². The van der Waals surface area contributed by atoms with Crippen molar-refractivity contribution in [3.05, 3.63) is 0 Å². The molecular formula is C8H10O5. The maximum absolute atomic E-state index is 11.2. The summed E-state index contributed by atoms with van der Waals surface area (Å²) in [5.74, 6) is -3.05. The van der Waals surface area contributed by atoms with Crippen LogP contribution in [0.5, 0.6) is 0 Å². The number of Topliss-reactive ketones (excluding diaryl/α,β-unsaturated/α-hetero) is 2. The van der Waals surface area contributed by atoms with Crippen molar-refractivity contribution in [2.24, 2.45) is 5.92 Å². The highest BCUT2D eigenvalue weighted by Crippen LogP contribution is 2.10. The van der Waals surface area contributed by atoms with Gasteiger partial charge in [-0.2, -0.15) is 0 Å². The third kappa shape index (κ3) is 2.12. The van der Waals surface area contributed by atoms with Crippen LogP contribution in [0.25, 0.3) is 0 Å². The maximum atomic E-state index is 11.2. The van der Waals surface area contributed by atoms with Crippen LogP contribution in [0.3, 0.4) is 0 Å². The van der Waals surface area contributed by atoms with Crippen LogP contribution in [0.1, 0.15) is 6.92 Å². The van der Waals surface area contributed by atoms with Gasteiger partial charge in [0.2, 0.25) is 0 Å². The molecule has 13 heavy (non-hydrogen) atoms. The molecule has 0 aromatic carbocycles. The van der Waals surface area contributed by atoms with Gasteiger partial charge in [-0.15, -0.1) is 0 Å². The van der Waals surface area contributed by atoms with Crippen molar-refractivity contribution in [2.75, 3.05) is 19.8 Å². The molecule has 1 aliphatic rings. The van der Waals surface area contributed by atoms with Gasteiger partial charge in [-0.05, 0) is 6.92 Å². The normalized spacial score (nSPS) is 21.6. The van der Waals surface area contributed by atoms with Crippen LogP contribution in [0.2, 0.25) is 0 Å². The molecule has 0 radical (unpaired) electrons. The van der Waals surface area contributed by atoms with E-state index in [-0.39, 0.29) is 25.6 Å². The van der Waals surface area contributed by atoms with Crippen molar-refractivity contribution in [3.63, 3.8) is 0 Å². The number of hydrogen-bond donors (Lipinski definition) is 0. The van der Waals surface area contributed by atoms with E-state index in [4.69, 9.17) is 4.74 Å². The van der Waals surface area contributed by atoms with Gasteiger partial charge in [0.25, 0.3) is 5.78 Å². The van der Waals surface area contributed by atoms with Crippen molar-refractivity contribution < 1.29 is 23.9 Å². The number of hydrogen-bond acceptors (Lipinski definition) is 5. The van der Waals surface area contributed by atoms with Crippen molar-refractivity contribution in [2.45, 2.75) is 6.92 Å². The number of carbonyl (C=O) groups is 3. The number of esters is 1. The van der Waals surface area contributed by atoms with E-state index in [0.29, 0.717) is 0 Å². The van der Waals surface area contributed by atoms with Gasteiger partial charge in [0.15, 0.2) is 5.78 Å². The molecule has 0 bridgehead atoms. The minimum Gasteiger partial charge on any atom is -0.460 e. The lowest BCUT2D eigenvalue weighted by atomic mass is 10.0. The van der Waals surface area contributed by atoms with E-state index in [1.54, 1.807) is 6.92 Å². The van der Waals surface area contributed by atoms with Gasteiger partial charge in [-0.25, -0.2) is 4.79 Å². The summed E-state index contributed by atoms with van der Waals surface area (Å²) in [5, 5.41) is 0. The molecule has 0 aliphatic carbocycles. The van der Waals surface area contributed by atoms with Crippen LogP contribution in [-0.2, 0) is 23.9 Å². The fourth-order valence-corrected chi connectivity index (χ4v) is 1.04. The summed E-state index contributed by atoms with van der Waals surface area (Å²) in [6.07, 6.45) is 0. The number of carbonyl (C=O) groups excluding carboxylic acids is 3. The molecule has 1 heterocycles. The van der Waals surface area contributed by atoms with Gasteiger partial charge in [0.1, 0.15) is 12.5 Å². The third-order valence-corrected chi connectivity index (χ3v) is 1.71. The monoisotopic (exact) mass is 186 g/mol. The Morgan fingerprint density at radius 1 is 1.62 bits per heavy atom. The molecule has 5 nitrogen and oxygen atoms in total. The van der Waals surface area contributed by atoms with Crippen molar-refractivity contribution in [1.29, 1.82) is 0 Å². The Balaban J connectivity index is 2.56. The van der Waals surface area contributed by atoms with Crippen LogP contribution >= 0.6 is 0 Å². The minimum atomic E-state index is -0.952. The summed E-state index contributed by atoms with van der Waals surface area (Å²) in [6, 6.07) is 0. The van der Waals surface area contributed by atoms with E-state index in [1.165, 1.54) is 0 Å². The predicted molar refractivity (Wildman–Crippen MR) is 41.0 cm³/mol. The third-order valence-electron chi connectivity index (χ3n) is 1.71. The summed E-state index contributed by atoms with van der Waals surface area (Å²) in [6.45, 7) is 1.64. The number of ketones is 2. The lowest BCUT2D eigenvalue weighted by Crippen LogP contribution is -2.30. The lowest BCUT2D eigenvalue weighted by Gasteiger charge is -2.03. The summed E-state index contributed by atoms with van der Waals surface area (Å²) in [5.41, 5.74) is 0. The second-order valence-electron chi connectivity index (χ2n) is 2.62. The van der Waals surface area contributed by atoms with E-state index >= 15 is 0 Å². The van der Waals surface area contributed by atoms with E-state index in [1.807, 2.05) is 0 Å². The fraction of sp³-hybridized carbons (Fsp3) is 0.625. The Bertz CT molecular complexity index is 245. The quantitative estimate of drug-likeness (QED) is 0.332. The number of rotatable bonds is 3. The molecular weight excluding hydrogens is 176 g/mol. The Hall–Kier alpha value is -1.23. The largest absolute Gasteiger partial charge is 0.460 e. The van der Waals surface area contributed by atoms with E-state index < -0.39 is 17.7 Å². The zero-order valence-corrected chi connectivity index (χ0v) is 7.24. The Morgan fingerprint density at radius 3 is 2.77 bits per heavy atom. The molecule has 0 aromatic rings. The predicted octanol–water partition coefficient (Wildman–Crippen LogP) is -0.666. The molecule has 1 fully saturated rings. The zero-order valence-electron chi connectivity index (χ0n) is 7.24. The standard InChI is InChI=1S/C8H10O5/c1-2-13-8(11)7(10)5-3-12-4-6(5)9/h5H,2-4H2,1H3/t5-/m0/s1. The first-order valence-corrected chi connectivity index (χ1v) is 3.98. The van der Waals surface area contributed by atoms with Crippen molar-refractivity contribution in [3.8, 4) is 0 Å². The summed E-state index contributed by atoms with van der Waals surface area (Å²) in [4.78, 5) is 33.0. The second kappa shape index (κ2) is 4.13. The molecule has 0 amide bonds. The smallest absolute Gasteiger partial charge is 0.375 e. The first-order chi connectivity index (χ1) is 6.16. The Morgan fingerprint density at radius 2 is 2.31 bits per heavy atom. The van der Waals surface area contributed by atoms with Gasteiger partial charge in [0, 0.05) is 0 Å². The summed E-state index contributed by atoms with van der Waals surface area (Å²) < 4.78 is 9.21. The average molecular weight is 186 g/mol. The fourth-order valence-electron chi connectivity index (χ4n) is 1.04. The van der Waals surface area contributed by atoms with E-state index in [0.717, 1.165) is 0 Å². The topological polar surface area (TPSA) is 69.7 Å². The molecule has 1 aliphatic heterocycles. The zero-order chi connectivity index (χ0) is 9.84. The summed E-state index contributed by atoms with van der Waals surface area (Å²) >= 11 is 0. The van der Waals surface area contributed by atoms with Gasteiger partial charge in [-0.3, -0.25) is 9.59 Å². The first-order valence-electron chi connectivity index (χ1n) is 3.98. The highest BCUT2D eigenvalue weighted by atomic mass is 16.5. The minimum absolute atomic E-state index is 0.00349. The average Bonchev–Trinajstić information content (AvgIpc) is 2.50. The molecule has 0 saturated carbocycles. The molecule has 72 valence electrons. The molecule has 5 heteroatoms. The molecule has 1 atom stereocenters. The van der Waals surface area contributed by atoms with Gasteiger partial charge in [-0.1, -0.05) is 0 Å². The molecule has 0 N–H and O–H groups in total. The highest BCUT2D eigenvalue weighted by Gasteiger charge is 2.36. The van der Waals surface area contributed by atoms with E-state index in [2.05, 4.69) is 4.74 Å². The maximum Gasteiger partial charge on any atom is 0.375 e. The van der Waals surface area contributed by atoms with Crippen LogP contribution < -0.4 is 0 Å². The van der Waals surface area contributed by atoms with Crippen molar-refractivity contribution in [1.82, 2.24) is 0 Å². The van der Waals surface area contributed by atoms with Crippen LogP contribution in [-0.4, -0.2) is 37.4 Å². The van der Waals surface area contributed by atoms with E-state index in [9.17, 15) is 14.4 Å². The highest BCUT2D eigenvalue weighted by molar-refractivity contribution is 6.38. The Kier molecular flexibility index (Phi) is 3.13. The van der Waals surface area contributed by atoms with Crippen LogP contribution in [0.4, 0.5) is 0 Å². The second-order valence-corrected chi connectivity index (χ2v) is 2.62. The first kappa shape index (κ1) is 9.85. The Labute approximate surface area is 75.0 Å². The molecule has 1 saturated heterocycles. The molecule has 0 aromatic heterocycles.